The number of hydrogen-bond donors (Lipinski definition) is 1. The zero-order valence-electron chi connectivity index (χ0n) is 11.3. The molecule has 1 aliphatic heterocycles. The Bertz CT molecular complexity index is 581. The Morgan fingerprint density at radius 2 is 2.11 bits per heavy atom. The Balaban J connectivity index is 1.92. The molecular weight excluding hydrogens is 274 g/mol. The van der Waals surface area contributed by atoms with Gasteiger partial charge in [0.15, 0.2) is 0 Å². The van der Waals surface area contributed by atoms with Crippen molar-refractivity contribution >= 4 is 34.5 Å². The fourth-order valence-corrected chi connectivity index (χ4v) is 5.46. The molecule has 19 heavy (non-hydrogen) atoms. The van der Waals surface area contributed by atoms with Gasteiger partial charge in [0.05, 0.1) is 6.04 Å². The van der Waals surface area contributed by atoms with Gasteiger partial charge in [-0.2, -0.15) is 23.5 Å². The summed E-state index contributed by atoms with van der Waals surface area (Å²) in [5.41, 5.74) is 8.60. The molecule has 2 heterocycles. The largest absolute Gasteiger partial charge is 0.459 e. The van der Waals surface area contributed by atoms with Gasteiger partial charge in [-0.15, -0.1) is 0 Å². The molecule has 2 nitrogen and oxygen atoms in total. The predicted molar refractivity (Wildman–Crippen MR) is 86.0 cm³/mol. The number of thioether (sulfide) groups is 2. The summed E-state index contributed by atoms with van der Waals surface area (Å²) in [5, 5.41) is 2.19. The smallest absolute Gasteiger partial charge is 0.137 e. The summed E-state index contributed by atoms with van der Waals surface area (Å²) in [6, 6.07) is 8.33. The fourth-order valence-electron chi connectivity index (χ4n) is 2.60. The summed E-state index contributed by atoms with van der Waals surface area (Å²) in [6.45, 7) is 4.35. The van der Waals surface area contributed by atoms with Gasteiger partial charge in [0.2, 0.25) is 0 Å². The minimum absolute atomic E-state index is 0.0143. The monoisotopic (exact) mass is 293 g/mol. The van der Waals surface area contributed by atoms with E-state index in [2.05, 4.69) is 38.1 Å². The van der Waals surface area contributed by atoms with Crippen LogP contribution < -0.4 is 5.73 Å². The summed E-state index contributed by atoms with van der Waals surface area (Å²) in [7, 11) is 0. The number of fused-ring (bicyclic) bond motifs is 1. The summed E-state index contributed by atoms with van der Waals surface area (Å²) in [5.74, 6) is 3.34. The van der Waals surface area contributed by atoms with Crippen LogP contribution in [0.3, 0.4) is 0 Å². The third kappa shape index (κ3) is 2.54. The quantitative estimate of drug-likeness (QED) is 0.909. The van der Waals surface area contributed by atoms with E-state index >= 15 is 0 Å². The Morgan fingerprint density at radius 3 is 2.84 bits per heavy atom. The van der Waals surface area contributed by atoms with E-state index < -0.39 is 0 Å². The number of aryl methyl sites for hydroxylation is 1. The molecule has 102 valence electrons. The van der Waals surface area contributed by atoms with E-state index in [9.17, 15) is 0 Å². The maximum atomic E-state index is 6.45. The molecule has 0 bridgehead atoms. The van der Waals surface area contributed by atoms with Crippen LogP contribution in [0.5, 0.6) is 0 Å². The minimum Gasteiger partial charge on any atom is -0.459 e. The van der Waals surface area contributed by atoms with Gasteiger partial charge in [0.25, 0.3) is 0 Å². The van der Waals surface area contributed by atoms with E-state index in [1.54, 1.807) is 0 Å². The van der Waals surface area contributed by atoms with Crippen molar-refractivity contribution in [3.05, 3.63) is 35.6 Å². The molecule has 0 spiro atoms. The van der Waals surface area contributed by atoms with Crippen molar-refractivity contribution in [3.8, 4) is 0 Å². The van der Waals surface area contributed by atoms with Gasteiger partial charge in [-0.05, 0) is 18.6 Å². The normalized spacial score (nSPS) is 25.6. The second-order valence-corrected chi connectivity index (χ2v) is 7.85. The van der Waals surface area contributed by atoms with Crippen molar-refractivity contribution in [1.82, 2.24) is 0 Å². The van der Waals surface area contributed by atoms with Crippen LogP contribution in [-0.2, 0) is 0 Å². The first kappa shape index (κ1) is 13.4. The maximum absolute atomic E-state index is 6.45. The number of rotatable bonds is 2. The number of benzene rings is 1. The molecule has 3 atom stereocenters. The lowest BCUT2D eigenvalue weighted by Gasteiger charge is -2.31. The van der Waals surface area contributed by atoms with Crippen LogP contribution >= 0.6 is 23.5 Å². The molecule has 4 heteroatoms. The average Bonchev–Trinajstić information content (AvgIpc) is 2.84. The van der Waals surface area contributed by atoms with Gasteiger partial charge in [-0.25, -0.2) is 0 Å². The third-order valence-corrected chi connectivity index (χ3v) is 6.90. The maximum Gasteiger partial charge on any atom is 0.137 e. The summed E-state index contributed by atoms with van der Waals surface area (Å²) in [6.07, 6.45) is 0. The van der Waals surface area contributed by atoms with Crippen molar-refractivity contribution in [2.75, 3.05) is 11.5 Å². The number of hydrogen-bond acceptors (Lipinski definition) is 4. The van der Waals surface area contributed by atoms with Crippen LogP contribution in [0.15, 0.2) is 28.7 Å². The standard InChI is InChI=1S/C15H19NOS2/c1-9-4-3-5-11-8-12(17-14(9)11)13(16)15-10(2)18-6-7-19-15/h3-5,8,10,13,15H,6-7,16H2,1-2H3. The molecule has 0 aliphatic carbocycles. The fraction of sp³-hybridized carbons (Fsp3) is 0.467. The predicted octanol–water partition coefficient (Wildman–Crippen LogP) is 3.98. The van der Waals surface area contributed by atoms with Crippen molar-refractivity contribution in [2.24, 2.45) is 5.73 Å². The van der Waals surface area contributed by atoms with Crippen LogP contribution in [0.2, 0.25) is 0 Å². The lowest BCUT2D eigenvalue weighted by molar-refractivity contribution is 0.483. The first-order valence-electron chi connectivity index (χ1n) is 6.64. The molecule has 1 fully saturated rings. The highest BCUT2D eigenvalue weighted by Gasteiger charge is 2.31. The number of furan rings is 1. The van der Waals surface area contributed by atoms with Crippen LogP contribution in [0.25, 0.3) is 11.0 Å². The second-order valence-electron chi connectivity index (χ2n) is 5.08. The minimum atomic E-state index is -0.0143. The Hall–Kier alpha value is -0.580. The highest BCUT2D eigenvalue weighted by Crippen LogP contribution is 2.39. The average molecular weight is 293 g/mol. The van der Waals surface area contributed by atoms with Gasteiger partial charge < -0.3 is 10.2 Å². The topological polar surface area (TPSA) is 39.2 Å². The van der Waals surface area contributed by atoms with Crippen LogP contribution in [-0.4, -0.2) is 22.0 Å². The Kier molecular flexibility index (Phi) is 3.83. The number of para-hydroxylation sites is 1. The lowest BCUT2D eigenvalue weighted by atomic mass is 10.1. The number of nitrogens with two attached hydrogens (primary N) is 1. The van der Waals surface area contributed by atoms with Crippen LogP contribution in [0.4, 0.5) is 0 Å². The summed E-state index contributed by atoms with van der Waals surface area (Å²) < 4.78 is 6.01. The molecule has 2 N–H and O–H groups in total. The van der Waals surface area contributed by atoms with Gasteiger partial charge in [-0.3, -0.25) is 0 Å². The molecule has 0 radical (unpaired) electrons. The van der Waals surface area contributed by atoms with Gasteiger partial charge in [0, 0.05) is 27.4 Å². The van der Waals surface area contributed by atoms with E-state index in [1.165, 1.54) is 17.1 Å². The molecule has 3 unspecified atom stereocenters. The summed E-state index contributed by atoms with van der Waals surface area (Å²) >= 11 is 4.00. The Labute approximate surface area is 122 Å². The third-order valence-electron chi connectivity index (χ3n) is 3.68. The highest BCUT2D eigenvalue weighted by atomic mass is 32.2. The zero-order valence-corrected chi connectivity index (χ0v) is 12.9. The van der Waals surface area contributed by atoms with E-state index in [0.29, 0.717) is 10.5 Å². The van der Waals surface area contributed by atoms with Crippen LogP contribution in [0.1, 0.15) is 24.3 Å². The molecule has 3 rings (SSSR count). The first-order chi connectivity index (χ1) is 9.16. The van der Waals surface area contributed by atoms with E-state index in [0.717, 1.165) is 16.7 Å². The summed E-state index contributed by atoms with van der Waals surface area (Å²) in [4.78, 5) is 0. The van der Waals surface area contributed by atoms with E-state index in [-0.39, 0.29) is 6.04 Å². The highest BCUT2D eigenvalue weighted by molar-refractivity contribution is 8.07. The Morgan fingerprint density at radius 1 is 1.32 bits per heavy atom. The van der Waals surface area contributed by atoms with Crippen molar-refractivity contribution in [1.29, 1.82) is 0 Å². The van der Waals surface area contributed by atoms with E-state index in [1.807, 2.05) is 23.5 Å². The molecule has 1 aromatic carbocycles. The van der Waals surface area contributed by atoms with Crippen LogP contribution in [0, 0.1) is 6.92 Å². The van der Waals surface area contributed by atoms with Crippen molar-refractivity contribution < 1.29 is 4.42 Å². The van der Waals surface area contributed by atoms with Crippen molar-refractivity contribution in [3.63, 3.8) is 0 Å². The lowest BCUT2D eigenvalue weighted by Crippen LogP contribution is -2.33. The van der Waals surface area contributed by atoms with Crippen molar-refractivity contribution in [2.45, 2.75) is 30.4 Å². The van der Waals surface area contributed by atoms with Gasteiger partial charge >= 0.3 is 0 Å². The molecule has 2 aromatic rings. The van der Waals surface area contributed by atoms with Gasteiger partial charge in [-0.1, -0.05) is 25.1 Å². The molecule has 0 amide bonds. The molecule has 1 saturated heterocycles. The molecular formula is C15H19NOS2. The SMILES string of the molecule is Cc1cccc2cc(C(N)C3SCCSC3C)oc12. The molecule has 0 saturated carbocycles. The van der Waals surface area contributed by atoms with E-state index in [4.69, 9.17) is 10.2 Å². The second kappa shape index (κ2) is 5.43. The zero-order chi connectivity index (χ0) is 13.4. The first-order valence-corrected chi connectivity index (χ1v) is 8.74. The van der Waals surface area contributed by atoms with Gasteiger partial charge in [0.1, 0.15) is 11.3 Å². The molecule has 1 aliphatic rings. The molecule has 1 aromatic heterocycles.